The first-order valence-corrected chi connectivity index (χ1v) is 6.99. The number of amides is 1. The number of nitrogens with zero attached hydrogens (tertiary/aromatic N) is 1. The van der Waals surface area contributed by atoms with Crippen molar-refractivity contribution < 1.29 is 18.8 Å². The number of oxime groups is 1. The van der Waals surface area contributed by atoms with E-state index in [1.807, 2.05) is 18.2 Å². The fourth-order valence-electron chi connectivity index (χ4n) is 1.78. The van der Waals surface area contributed by atoms with Gasteiger partial charge in [0, 0.05) is 11.3 Å². The van der Waals surface area contributed by atoms with Crippen molar-refractivity contribution >= 4 is 17.8 Å². The number of benzene rings is 2. The van der Waals surface area contributed by atoms with Crippen LogP contribution in [0.15, 0.2) is 53.7 Å². The van der Waals surface area contributed by atoms with Crippen molar-refractivity contribution in [1.29, 1.82) is 0 Å². The maximum atomic E-state index is 12.8. The summed E-state index contributed by atoms with van der Waals surface area (Å²) >= 11 is 0. The van der Waals surface area contributed by atoms with E-state index in [0.29, 0.717) is 11.4 Å². The van der Waals surface area contributed by atoms with Gasteiger partial charge >= 0.3 is 0 Å². The first-order chi connectivity index (χ1) is 11.1. The summed E-state index contributed by atoms with van der Waals surface area (Å²) in [5.74, 6) is -0.0919. The number of nitrogens with one attached hydrogen (secondary N) is 1. The Bertz CT molecular complexity index is 686. The molecule has 23 heavy (non-hydrogen) atoms. The van der Waals surface area contributed by atoms with E-state index in [9.17, 15) is 9.18 Å². The molecule has 0 aromatic heterocycles. The lowest BCUT2D eigenvalue weighted by Crippen LogP contribution is -2.26. The summed E-state index contributed by atoms with van der Waals surface area (Å²) in [6, 6.07) is 12.8. The van der Waals surface area contributed by atoms with Gasteiger partial charge in [-0.25, -0.2) is 4.39 Å². The molecule has 0 aliphatic rings. The predicted octanol–water partition coefficient (Wildman–Crippen LogP) is 3.21. The molecule has 0 saturated carbocycles. The number of anilines is 1. The Morgan fingerprint density at radius 2 is 1.91 bits per heavy atom. The summed E-state index contributed by atoms with van der Waals surface area (Å²) in [6.07, 6.45) is 0.673. The number of ether oxygens (including phenoxy) is 1. The molecule has 120 valence electrons. The van der Waals surface area contributed by atoms with E-state index in [0.717, 1.165) is 5.56 Å². The van der Waals surface area contributed by atoms with Crippen LogP contribution in [-0.4, -0.2) is 25.3 Å². The average Bonchev–Trinajstić information content (AvgIpc) is 2.57. The molecule has 0 aliphatic carbocycles. The molecule has 0 unspecified atom stereocenters. The van der Waals surface area contributed by atoms with Crippen molar-refractivity contribution in [3.05, 3.63) is 59.9 Å². The molecule has 5 nitrogen and oxygen atoms in total. The normalized spacial score (nSPS) is 12.0. The molecule has 0 radical (unpaired) electrons. The molecule has 0 heterocycles. The SMILES string of the molecule is COc1ccccc1/C=N\O[C@@H](C)C(=O)Nc1ccc(F)cc1. The quantitative estimate of drug-likeness (QED) is 0.657. The van der Waals surface area contributed by atoms with Crippen LogP contribution in [0.25, 0.3) is 0 Å². The molecule has 0 saturated heterocycles. The smallest absolute Gasteiger partial charge is 0.267 e. The molecule has 0 fully saturated rings. The summed E-state index contributed by atoms with van der Waals surface area (Å²) in [5.41, 5.74) is 1.22. The van der Waals surface area contributed by atoms with Crippen molar-refractivity contribution in [2.75, 3.05) is 12.4 Å². The van der Waals surface area contributed by atoms with E-state index >= 15 is 0 Å². The molecule has 6 heteroatoms. The summed E-state index contributed by atoms with van der Waals surface area (Å²) < 4.78 is 18.0. The largest absolute Gasteiger partial charge is 0.496 e. The van der Waals surface area contributed by atoms with Crippen LogP contribution >= 0.6 is 0 Å². The van der Waals surface area contributed by atoms with Crippen molar-refractivity contribution in [2.45, 2.75) is 13.0 Å². The number of hydrogen-bond acceptors (Lipinski definition) is 4. The van der Waals surface area contributed by atoms with Crippen LogP contribution < -0.4 is 10.1 Å². The van der Waals surface area contributed by atoms with Crippen LogP contribution in [0.2, 0.25) is 0 Å². The van der Waals surface area contributed by atoms with Gasteiger partial charge in [-0.15, -0.1) is 0 Å². The minimum absolute atomic E-state index is 0.367. The number of hydrogen-bond donors (Lipinski definition) is 1. The first kappa shape index (κ1) is 16.5. The van der Waals surface area contributed by atoms with Crippen LogP contribution in [-0.2, 0) is 9.63 Å². The fourth-order valence-corrected chi connectivity index (χ4v) is 1.78. The second-order valence-electron chi connectivity index (χ2n) is 4.72. The topological polar surface area (TPSA) is 59.9 Å². The van der Waals surface area contributed by atoms with Gasteiger partial charge in [0.05, 0.1) is 13.3 Å². The minimum Gasteiger partial charge on any atom is -0.496 e. The highest BCUT2D eigenvalue weighted by Crippen LogP contribution is 2.15. The van der Waals surface area contributed by atoms with E-state index in [2.05, 4.69) is 10.5 Å². The van der Waals surface area contributed by atoms with Gasteiger partial charge in [0.25, 0.3) is 5.91 Å². The van der Waals surface area contributed by atoms with Gasteiger partial charge in [-0.1, -0.05) is 17.3 Å². The van der Waals surface area contributed by atoms with Crippen LogP contribution in [0.4, 0.5) is 10.1 Å². The van der Waals surface area contributed by atoms with Gasteiger partial charge < -0.3 is 14.9 Å². The highest BCUT2D eigenvalue weighted by molar-refractivity contribution is 5.94. The van der Waals surface area contributed by atoms with Gasteiger partial charge in [-0.2, -0.15) is 0 Å². The molecule has 1 amide bonds. The van der Waals surface area contributed by atoms with E-state index in [4.69, 9.17) is 9.57 Å². The zero-order valence-electron chi connectivity index (χ0n) is 12.8. The van der Waals surface area contributed by atoms with Gasteiger partial charge in [0.2, 0.25) is 6.10 Å². The molecule has 1 N–H and O–H groups in total. The lowest BCUT2D eigenvalue weighted by atomic mass is 10.2. The Morgan fingerprint density at radius 1 is 1.22 bits per heavy atom. The number of methoxy groups -OCH3 is 1. The standard InChI is InChI=1S/C17H17FN2O3/c1-12(17(21)20-15-9-7-14(18)8-10-15)23-19-11-13-5-3-4-6-16(13)22-2/h3-12H,1-2H3,(H,20,21)/b19-11-/t12-/m0/s1. The summed E-state index contributed by atoms with van der Waals surface area (Å²) in [5, 5.41) is 6.41. The van der Waals surface area contributed by atoms with Crippen LogP contribution in [0, 0.1) is 5.82 Å². The van der Waals surface area contributed by atoms with Gasteiger partial charge in [0.15, 0.2) is 0 Å². The monoisotopic (exact) mass is 316 g/mol. The van der Waals surface area contributed by atoms with Crippen LogP contribution in [0.3, 0.4) is 0 Å². The maximum Gasteiger partial charge on any atom is 0.267 e. The Morgan fingerprint density at radius 3 is 2.61 bits per heavy atom. The lowest BCUT2D eigenvalue weighted by Gasteiger charge is -2.10. The Balaban J connectivity index is 1.90. The third kappa shape index (κ3) is 4.81. The van der Waals surface area contributed by atoms with E-state index in [-0.39, 0.29) is 11.7 Å². The second-order valence-corrected chi connectivity index (χ2v) is 4.72. The third-order valence-corrected chi connectivity index (χ3v) is 3.03. The van der Waals surface area contributed by atoms with Crippen molar-refractivity contribution in [3.8, 4) is 5.75 Å². The number of para-hydroxylation sites is 1. The van der Waals surface area contributed by atoms with Crippen molar-refractivity contribution in [1.82, 2.24) is 0 Å². The number of carbonyl (C=O) groups excluding carboxylic acids is 1. The van der Waals surface area contributed by atoms with Crippen molar-refractivity contribution in [2.24, 2.45) is 5.16 Å². The highest BCUT2D eigenvalue weighted by atomic mass is 19.1. The summed E-state index contributed by atoms with van der Waals surface area (Å²) in [7, 11) is 1.56. The molecule has 2 rings (SSSR count). The number of carbonyl (C=O) groups is 1. The van der Waals surface area contributed by atoms with Gasteiger partial charge in [-0.3, -0.25) is 4.79 Å². The average molecular weight is 316 g/mol. The van der Waals surface area contributed by atoms with Gasteiger partial charge in [0.1, 0.15) is 11.6 Å². The highest BCUT2D eigenvalue weighted by Gasteiger charge is 2.14. The molecule has 2 aromatic carbocycles. The molecular weight excluding hydrogens is 299 g/mol. The van der Waals surface area contributed by atoms with Crippen molar-refractivity contribution in [3.63, 3.8) is 0 Å². The Kier molecular flexibility index (Phi) is 5.68. The van der Waals surface area contributed by atoms with E-state index < -0.39 is 6.10 Å². The summed E-state index contributed by atoms with van der Waals surface area (Å²) in [6.45, 7) is 1.57. The molecule has 0 aliphatic heterocycles. The van der Waals surface area contributed by atoms with Crippen LogP contribution in [0.5, 0.6) is 5.75 Å². The minimum atomic E-state index is -0.800. The predicted molar refractivity (Wildman–Crippen MR) is 86.2 cm³/mol. The maximum absolute atomic E-state index is 12.8. The molecule has 2 aromatic rings. The first-order valence-electron chi connectivity index (χ1n) is 6.99. The molecule has 1 atom stereocenters. The number of halogens is 1. The van der Waals surface area contributed by atoms with E-state index in [1.165, 1.54) is 30.5 Å². The summed E-state index contributed by atoms with van der Waals surface area (Å²) in [4.78, 5) is 17.1. The third-order valence-electron chi connectivity index (χ3n) is 3.03. The zero-order chi connectivity index (χ0) is 16.7. The number of rotatable bonds is 6. The zero-order valence-corrected chi connectivity index (χ0v) is 12.8. The molecule has 0 spiro atoms. The lowest BCUT2D eigenvalue weighted by molar-refractivity contribution is -0.126. The Hall–Kier alpha value is -2.89. The van der Waals surface area contributed by atoms with Crippen LogP contribution in [0.1, 0.15) is 12.5 Å². The second kappa shape index (κ2) is 7.93. The van der Waals surface area contributed by atoms with Gasteiger partial charge in [-0.05, 0) is 43.3 Å². The van der Waals surface area contributed by atoms with E-state index in [1.54, 1.807) is 20.1 Å². The molecular formula is C17H17FN2O3. The molecule has 0 bridgehead atoms. The Labute approximate surface area is 133 Å². The fraction of sp³-hybridized carbons (Fsp3) is 0.176.